The molecule has 3 N–H and O–H groups in total. The van der Waals surface area contributed by atoms with E-state index < -0.39 is 0 Å². The number of aromatic nitrogens is 3. The third kappa shape index (κ3) is 4.23. The number of phenols is 1. The maximum absolute atomic E-state index is 9.66. The van der Waals surface area contributed by atoms with Gasteiger partial charge in [-0.1, -0.05) is 12.1 Å². The minimum Gasteiger partial charge on any atom is -0.508 e. The maximum atomic E-state index is 9.66. The van der Waals surface area contributed by atoms with Gasteiger partial charge in [-0.05, 0) is 30.5 Å². The van der Waals surface area contributed by atoms with E-state index in [1.54, 1.807) is 18.5 Å². The summed E-state index contributed by atoms with van der Waals surface area (Å²) in [5.74, 6) is 0.746. The number of piperidine rings is 1. The smallest absolute Gasteiger partial charge is 0.146 e. The van der Waals surface area contributed by atoms with Crippen LogP contribution >= 0.6 is 0 Å². The van der Waals surface area contributed by atoms with E-state index in [0.29, 0.717) is 11.9 Å². The van der Waals surface area contributed by atoms with Crippen molar-refractivity contribution < 1.29 is 9.84 Å². The number of nitrogen functional groups attached to an aromatic ring is 1. The lowest BCUT2D eigenvalue weighted by molar-refractivity contribution is 0.0316. The van der Waals surface area contributed by atoms with Crippen molar-refractivity contribution in [2.45, 2.75) is 18.9 Å². The first-order valence-electron chi connectivity index (χ1n) is 11.1. The number of morpholine rings is 1. The second-order valence-corrected chi connectivity index (χ2v) is 8.48. The SMILES string of the molecule is Nc1ncnc2c1c(-c1ccc(O)cc1)cn2C1CCN(CCN2CCOCC2)CC1. The second kappa shape index (κ2) is 8.82. The van der Waals surface area contributed by atoms with Gasteiger partial charge in [-0.3, -0.25) is 4.90 Å². The number of nitrogens with two attached hydrogens (primary N) is 1. The van der Waals surface area contributed by atoms with Crippen LogP contribution in [0.25, 0.3) is 22.2 Å². The Balaban J connectivity index is 1.33. The fourth-order valence-electron chi connectivity index (χ4n) is 4.78. The highest BCUT2D eigenvalue weighted by Crippen LogP contribution is 2.36. The Morgan fingerprint density at radius 1 is 0.968 bits per heavy atom. The van der Waals surface area contributed by atoms with Crippen molar-refractivity contribution in [2.75, 3.05) is 58.2 Å². The van der Waals surface area contributed by atoms with Gasteiger partial charge in [-0.2, -0.15) is 0 Å². The number of aromatic hydroxyl groups is 1. The molecule has 2 aliphatic heterocycles. The molecule has 2 aliphatic rings. The molecule has 8 nitrogen and oxygen atoms in total. The zero-order valence-corrected chi connectivity index (χ0v) is 17.8. The summed E-state index contributed by atoms with van der Waals surface area (Å²) in [5.41, 5.74) is 9.18. The number of phenolic OH excluding ortho intramolecular Hbond substituents is 1. The minimum atomic E-state index is 0.251. The quantitative estimate of drug-likeness (QED) is 0.652. The Labute approximate surface area is 182 Å². The summed E-state index contributed by atoms with van der Waals surface area (Å²) in [5, 5.41) is 10.6. The van der Waals surface area contributed by atoms with Crippen molar-refractivity contribution in [2.24, 2.45) is 0 Å². The third-order valence-corrected chi connectivity index (χ3v) is 6.60. The fraction of sp³-hybridized carbons (Fsp3) is 0.478. The number of hydrogen-bond donors (Lipinski definition) is 2. The second-order valence-electron chi connectivity index (χ2n) is 8.48. The molecule has 1 aromatic carbocycles. The van der Waals surface area contributed by atoms with Crippen molar-refractivity contribution in [3.05, 3.63) is 36.8 Å². The number of hydrogen-bond acceptors (Lipinski definition) is 7. The van der Waals surface area contributed by atoms with E-state index in [1.807, 2.05) is 12.1 Å². The predicted octanol–water partition coefficient (Wildman–Crippen LogP) is 2.36. The zero-order chi connectivity index (χ0) is 21.2. The monoisotopic (exact) mass is 422 g/mol. The lowest BCUT2D eigenvalue weighted by Gasteiger charge is -2.35. The molecule has 0 saturated carbocycles. The highest BCUT2D eigenvalue weighted by Gasteiger charge is 2.25. The van der Waals surface area contributed by atoms with E-state index in [1.165, 1.54) is 0 Å². The Morgan fingerprint density at radius 2 is 1.65 bits per heavy atom. The number of ether oxygens (including phenoxy) is 1. The average Bonchev–Trinajstić information content (AvgIpc) is 3.20. The molecule has 3 aromatic rings. The van der Waals surface area contributed by atoms with Gasteiger partial charge in [0.2, 0.25) is 0 Å². The number of anilines is 1. The molecule has 2 fully saturated rings. The van der Waals surface area contributed by atoms with Crippen LogP contribution in [-0.4, -0.2) is 81.9 Å². The minimum absolute atomic E-state index is 0.251. The summed E-state index contributed by atoms with van der Waals surface area (Å²) >= 11 is 0. The van der Waals surface area contributed by atoms with Crippen LogP contribution in [0.3, 0.4) is 0 Å². The van der Waals surface area contributed by atoms with Gasteiger partial charge in [-0.25, -0.2) is 9.97 Å². The van der Waals surface area contributed by atoms with Gasteiger partial charge in [0.05, 0.1) is 18.6 Å². The number of fused-ring (bicyclic) bond motifs is 1. The summed E-state index contributed by atoms with van der Waals surface area (Å²) in [6.45, 7) is 8.23. The Bertz CT molecular complexity index is 1020. The van der Waals surface area contributed by atoms with Gasteiger partial charge >= 0.3 is 0 Å². The van der Waals surface area contributed by atoms with Gasteiger partial charge in [0.15, 0.2) is 0 Å². The predicted molar refractivity (Wildman–Crippen MR) is 121 cm³/mol. The summed E-state index contributed by atoms with van der Waals surface area (Å²) < 4.78 is 7.73. The van der Waals surface area contributed by atoms with Gasteiger partial charge in [-0.15, -0.1) is 0 Å². The van der Waals surface area contributed by atoms with Crippen LogP contribution < -0.4 is 5.73 Å². The van der Waals surface area contributed by atoms with Crippen molar-refractivity contribution in [1.82, 2.24) is 24.3 Å². The van der Waals surface area contributed by atoms with Crippen LogP contribution in [0.5, 0.6) is 5.75 Å². The molecule has 4 heterocycles. The van der Waals surface area contributed by atoms with Crippen molar-refractivity contribution in [3.8, 4) is 16.9 Å². The largest absolute Gasteiger partial charge is 0.508 e. The van der Waals surface area contributed by atoms with Crippen LogP contribution in [0.4, 0.5) is 5.82 Å². The Morgan fingerprint density at radius 3 is 2.35 bits per heavy atom. The molecule has 2 saturated heterocycles. The average molecular weight is 423 g/mol. The van der Waals surface area contributed by atoms with Crippen molar-refractivity contribution >= 4 is 16.9 Å². The van der Waals surface area contributed by atoms with E-state index in [2.05, 4.69) is 30.5 Å². The van der Waals surface area contributed by atoms with E-state index in [-0.39, 0.29) is 5.75 Å². The lowest BCUT2D eigenvalue weighted by Crippen LogP contribution is -2.43. The Kier molecular flexibility index (Phi) is 5.76. The molecule has 0 radical (unpaired) electrons. The van der Waals surface area contributed by atoms with E-state index in [4.69, 9.17) is 10.5 Å². The van der Waals surface area contributed by atoms with Crippen LogP contribution in [-0.2, 0) is 4.74 Å². The standard InChI is InChI=1S/C23H30N6O2/c24-22-21-20(17-1-3-19(30)4-2-17)15-29(23(21)26-16-25-22)18-5-7-27(8-6-18)9-10-28-11-13-31-14-12-28/h1-4,15-16,18,30H,5-14H2,(H2,24,25,26). The number of rotatable bonds is 5. The summed E-state index contributed by atoms with van der Waals surface area (Å²) in [6.07, 6.45) is 5.89. The molecule has 8 heteroatoms. The Hall–Kier alpha value is -2.68. The molecule has 2 aromatic heterocycles. The van der Waals surface area contributed by atoms with Crippen LogP contribution in [0, 0.1) is 0 Å². The van der Waals surface area contributed by atoms with Gasteiger partial charge < -0.3 is 25.0 Å². The number of likely N-dealkylation sites (tertiary alicyclic amines) is 1. The zero-order valence-electron chi connectivity index (χ0n) is 17.8. The number of nitrogens with zero attached hydrogens (tertiary/aromatic N) is 5. The molecule has 0 bridgehead atoms. The van der Waals surface area contributed by atoms with Crippen LogP contribution in [0.1, 0.15) is 18.9 Å². The first-order valence-corrected chi connectivity index (χ1v) is 11.1. The highest BCUT2D eigenvalue weighted by molar-refractivity contribution is 6.00. The topological polar surface area (TPSA) is 92.7 Å². The molecule has 0 unspecified atom stereocenters. The van der Waals surface area contributed by atoms with Crippen LogP contribution in [0.15, 0.2) is 36.8 Å². The first-order chi connectivity index (χ1) is 15.2. The normalized spacial score (nSPS) is 19.2. The summed E-state index contributed by atoms with van der Waals surface area (Å²) in [4.78, 5) is 13.9. The third-order valence-electron chi connectivity index (χ3n) is 6.60. The fourth-order valence-corrected chi connectivity index (χ4v) is 4.78. The molecule has 0 atom stereocenters. The maximum Gasteiger partial charge on any atom is 0.146 e. The lowest BCUT2D eigenvalue weighted by atomic mass is 10.0. The molecular formula is C23H30N6O2. The van der Waals surface area contributed by atoms with E-state index >= 15 is 0 Å². The van der Waals surface area contributed by atoms with Crippen molar-refractivity contribution in [1.29, 1.82) is 0 Å². The molecule has 0 aliphatic carbocycles. The molecule has 0 amide bonds. The molecule has 5 rings (SSSR count). The van der Waals surface area contributed by atoms with E-state index in [9.17, 15) is 5.11 Å². The van der Waals surface area contributed by atoms with Crippen molar-refractivity contribution in [3.63, 3.8) is 0 Å². The first kappa shape index (κ1) is 20.2. The van der Waals surface area contributed by atoms with Gasteiger partial charge in [0.1, 0.15) is 23.5 Å². The molecular weight excluding hydrogens is 392 g/mol. The molecule has 0 spiro atoms. The summed E-state index contributed by atoms with van der Waals surface area (Å²) in [6, 6.07) is 7.61. The highest BCUT2D eigenvalue weighted by atomic mass is 16.5. The molecule has 31 heavy (non-hydrogen) atoms. The van der Waals surface area contributed by atoms with Gasteiger partial charge in [0.25, 0.3) is 0 Å². The summed E-state index contributed by atoms with van der Waals surface area (Å²) in [7, 11) is 0. The number of benzene rings is 1. The van der Waals surface area contributed by atoms with Gasteiger partial charge in [0, 0.05) is 57.1 Å². The van der Waals surface area contributed by atoms with Crippen LogP contribution in [0.2, 0.25) is 0 Å². The molecule has 164 valence electrons. The van der Waals surface area contributed by atoms with E-state index in [0.717, 1.165) is 87.5 Å².